The summed E-state index contributed by atoms with van der Waals surface area (Å²) in [6.45, 7) is 4.68. The summed E-state index contributed by atoms with van der Waals surface area (Å²) >= 11 is 0. The van der Waals surface area contributed by atoms with Gasteiger partial charge in [0, 0.05) is 26.6 Å². The van der Waals surface area contributed by atoms with E-state index in [9.17, 15) is 13.2 Å². The Morgan fingerprint density at radius 2 is 1.86 bits per heavy atom. The van der Waals surface area contributed by atoms with Crippen LogP contribution in [0, 0.1) is 13.8 Å². The Balaban J connectivity index is 2.86. The molecule has 0 aliphatic heterocycles. The molecule has 1 aromatic carbocycles. The highest BCUT2D eigenvalue weighted by Gasteiger charge is 2.21. The highest BCUT2D eigenvalue weighted by Crippen LogP contribution is 2.26. The fourth-order valence-corrected chi connectivity index (χ4v) is 3.27. The van der Waals surface area contributed by atoms with E-state index in [1.807, 2.05) is 32.0 Å². The number of carbonyl (C=O) groups excluding carboxylic acids is 1. The van der Waals surface area contributed by atoms with E-state index in [-0.39, 0.29) is 18.9 Å². The number of nitrogens with zero attached hydrogens (tertiary/aromatic N) is 1. The number of para-hydroxylation sites is 1. The third-order valence-electron chi connectivity index (χ3n) is 3.26. The molecular formula is C15H24N2O4S. The molecule has 0 spiro atoms. The number of hydrogen-bond acceptors (Lipinski definition) is 4. The number of aryl methyl sites for hydroxylation is 2. The predicted molar refractivity (Wildman–Crippen MR) is 87.6 cm³/mol. The molecule has 0 aliphatic carbocycles. The van der Waals surface area contributed by atoms with Crippen LogP contribution in [0.15, 0.2) is 18.2 Å². The molecule has 0 radical (unpaired) electrons. The minimum Gasteiger partial charge on any atom is -0.383 e. The second-order valence-electron chi connectivity index (χ2n) is 5.17. The zero-order chi connectivity index (χ0) is 16.8. The molecule has 1 N–H and O–H groups in total. The maximum absolute atomic E-state index is 12.1. The molecule has 0 fully saturated rings. The number of carbonyl (C=O) groups is 1. The van der Waals surface area contributed by atoms with Gasteiger partial charge < -0.3 is 10.1 Å². The zero-order valence-electron chi connectivity index (χ0n) is 13.5. The minimum atomic E-state index is -3.46. The van der Waals surface area contributed by atoms with Gasteiger partial charge in [-0.15, -0.1) is 0 Å². The molecule has 1 amide bonds. The number of sulfonamides is 1. The van der Waals surface area contributed by atoms with E-state index in [2.05, 4.69) is 5.32 Å². The van der Waals surface area contributed by atoms with Crippen LogP contribution in [0.2, 0.25) is 0 Å². The van der Waals surface area contributed by atoms with Gasteiger partial charge in [-0.2, -0.15) is 0 Å². The summed E-state index contributed by atoms with van der Waals surface area (Å²) in [5.74, 6) is -0.197. The van der Waals surface area contributed by atoms with Gasteiger partial charge in [-0.3, -0.25) is 9.10 Å². The second kappa shape index (κ2) is 8.14. The third-order valence-corrected chi connectivity index (χ3v) is 4.43. The van der Waals surface area contributed by atoms with Crippen LogP contribution in [0.25, 0.3) is 0 Å². The lowest BCUT2D eigenvalue weighted by atomic mass is 10.1. The first-order valence-electron chi connectivity index (χ1n) is 7.07. The first kappa shape index (κ1) is 18.4. The van der Waals surface area contributed by atoms with Crippen LogP contribution in [0.1, 0.15) is 17.5 Å². The Kier molecular flexibility index (Phi) is 6.83. The number of ether oxygens (including phenoxy) is 1. The predicted octanol–water partition coefficient (Wildman–Crippen LogP) is 1.22. The molecular weight excluding hydrogens is 304 g/mol. The van der Waals surface area contributed by atoms with E-state index in [1.165, 1.54) is 4.31 Å². The second-order valence-corrected chi connectivity index (χ2v) is 7.08. The van der Waals surface area contributed by atoms with Crippen molar-refractivity contribution < 1.29 is 17.9 Å². The lowest BCUT2D eigenvalue weighted by Gasteiger charge is -2.25. The van der Waals surface area contributed by atoms with Crippen molar-refractivity contribution in [1.29, 1.82) is 0 Å². The van der Waals surface area contributed by atoms with Crippen LogP contribution in [0.3, 0.4) is 0 Å². The highest BCUT2D eigenvalue weighted by atomic mass is 32.2. The van der Waals surface area contributed by atoms with Gasteiger partial charge in [0.25, 0.3) is 0 Å². The Morgan fingerprint density at radius 3 is 2.36 bits per heavy atom. The van der Waals surface area contributed by atoms with E-state index < -0.39 is 10.0 Å². The van der Waals surface area contributed by atoms with Gasteiger partial charge >= 0.3 is 0 Å². The largest absolute Gasteiger partial charge is 0.383 e. The first-order valence-corrected chi connectivity index (χ1v) is 8.91. The summed E-state index contributed by atoms with van der Waals surface area (Å²) in [7, 11) is -1.90. The van der Waals surface area contributed by atoms with Gasteiger partial charge in [-0.25, -0.2) is 8.42 Å². The van der Waals surface area contributed by atoms with Crippen molar-refractivity contribution in [2.45, 2.75) is 20.3 Å². The van der Waals surface area contributed by atoms with E-state index >= 15 is 0 Å². The number of nitrogens with one attached hydrogen (secondary N) is 1. The molecule has 0 saturated heterocycles. The molecule has 0 atom stereocenters. The molecule has 1 rings (SSSR count). The zero-order valence-corrected chi connectivity index (χ0v) is 14.4. The van der Waals surface area contributed by atoms with Gasteiger partial charge in [0.15, 0.2) is 0 Å². The first-order chi connectivity index (χ1) is 10.3. The lowest BCUT2D eigenvalue weighted by Crippen LogP contribution is -2.36. The van der Waals surface area contributed by atoms with Crippen molar-refractivity contribution in [2.75, 3.05) is 37.4 Å². The van der Waals surface area contributed by atoms with Crippen LogP contribution in [-0.4, -0.2) is 47.4 Å². The minimum absolute atomic E-state index is 0.102. The molecule has 124 valence electrons. The van der Waals surface area contributed by atoms with Gasteiger partial charge in [-0.1, -0.05) is 18.2 Å². The molecule has 0 aromatic heterocycles. The van der Waals surface area contributed by atoms with Crippen LogP contribution < -0.4 is 9.62 Å². The quantitative estimate of drug-likeness (QED) is 0.728. The lowest BCUT2D eigenvalue weighted by molar-refractivity contribution is -0.121. The summed E-state index contributed by atoms with van der Waals surface area (Å²) in [6, 6.07) is 5.60. The molecule has 0 heterocycles. The van der Waals surface area contributed by atoms with Crippen molar-refractivity contribution in [1.82, 2.24) is 5.32 Å². The standard InChI is InChI=1S/C15H24N2O4S/c1-12-6-5-7-13(2)15(12)17(22(4,19)20)10-8-14(18)16-9-11-21-3/h5-7H,8-11H2,1-4H3,(H,16,18). The fraction of sp³-hybridized carbons (Fsp3) is 0.533. The summed E-state index contributed by atoms with van der Waals surface area (Å²) in [6.07, 6.45) is 1.26. The molecule has 1 aromatic rings. The van der Waals surface area contributed by atoms with Crippen LogP contribution in [0.5, 0.6) is 0 Å². The maximum atomic E-state index is 12.1. The summed E-state index contributed by atoms with van der Waals surface area (Å²) in [5.41, 5.74) is 2.38. The van der Waals surface area contributed by atoms with Crippen molar-refractivity contribution in [3.05, 3.63) is 29.3 Å². The molecule has 0 bridgehead atoms. The summed E-state index contributed by atoms with van der Waals surface area (Å²) < 4.78 is 30.3. The Labute approximate surface area is 132 Å². The molecule has 0 unspecified atom stereocenters. The summed E-state index contributed by atoms with van der Waals surface area (Å²) in [5, 5.41) is 2.69. The van der Waals surface area contributed by atoms with Crippen molar-refractivity contribution in [2.24, 2.45) is 0 Å². The van der Waals surface area contributed by atoms with Crippen LogP contribution in [-0.2, 0) is 19.6 Å². The van der Waals surface area contributed by atoms with Gasteiger partial charge in [-0.05, 0) is 25.0 Å². The van der Waals surface area contributed by atoms with Crippen molar-refractivity contribution in [3.8, 4) is 0 Å². The molecule has 7 heteroatoms. The van der Waals surface area contributed by atoms with E-state index in [0.29, 0.717) is 18.8 Å². The van der Waals surface area contributed by atoms with Gasteiger partial charge in [0.2, 0.25) is 15.9 Å². The van der Waals surface area contributed by atoms with Crippen molar-refractivity contribution in [3.63, 3.8) is 0 Å². The van der Waals surface area contributed by atoms with Gasteiger partial charge in [0.05, 0.1) is 18.6 Å². The summed E-state index contributed by atoms with van der Waals surface area (Å²) in [4.78, 5) is 11.8. The SMILES string of the molecule is COCCNC(=O)CCN(c1c(C)cccc1C)S(C)(=O)=O. The molecule has 6 nitrogen and oxygen atoms in total. The molecule has 0 aliphatic rings. The number of anilines is 1. The molecule has 22 heavy (non-hydrogen) atoms. The maximum Gasteiger partial charge on any atom is 0.232 e. The highest BCUT2D eigenvalue weighted by molar-refractivity contribution is 7.92. The average Bonchev–Trinajstić information content (AvgIpc) is 2.41. The van der Waals surface area contributed by atoms with E-state index in [0.717, 1.165) is 17.4 Å². The monoisotopic (exact) mass is 328 g/mol. The molecule has 0 saturated carbocycles. The smallest absolute Gasteiger partial charge is 0.232 e. The number of amides is 1. The number of rotatable bonds is 8. The van der Waals surface area contributed by atoms with E-state index in [4.69, 9.17) is 4.74 Å². The average molecular weight is 328 g/mol. The number of benzene rings is 1. The van der Waals surface area contributed by atoms with Gasteiger partial charge in [0.1, 0.15) is 0 Å². The fourth-order valence-electron chi connectivity index (χ4n) is 2.23. The van der Waals surface area contributed by atoms with Crippen LogP contribution >= 0.6 is 0 Å². The van der Waals surface area contributed by atoms with E-state index in [1.54, 1.807) is 7.11 Å². The third kappa shape index (κ3) is 5.31. The Hall–Kier alpha value is -1.60. The van der Waals surface area contributed by atoms with Crippen molar-refractivity contribution >= 4 is 21.6 Å². The normalized spacial score (nSPS) is 11.3. The van der Waals surface area contributed by atoms with Crippen LogP contribution in [0.4, 0.5) is 5.69 Å². The topological polar surface area (TPSA) is 75.7 Å². The number of methoxy groups -OCH3 is 1. The Bertz CT molecular complexity index is 594. The Morgan fingerprint density at radius 1 is 1.27 bits per heavy atom. The number of hydrogen-bond donors (Lipinski definition) is 1.